The molecule has 0 saturated carbocycles. The van der Waals surface area contributed by atoms with E-state index in [1.807, 2.05) is 12.1 Å². The van der Waals surface area contributed by atoms with Crippen molar-refractivity contribution in [3.8, 4) is 0 Å². The number of hydroxylamine groups is 2. The van der Waals surface area contributed by atoms with Crippen LogP contribution in [-0.2, 0) is 20.9 Å². The van der Waals surface area contributed by atoms with Gasteiger partial charge in [-0.3, -0.25) is 14.5 Å². The highest BCUT2D eigenvalue weighted by Crippen LogP contribution is 2.33. The van der Waals surface area contributed by atoms with E-state index in [-0.39, 0.29) is 18.1 Å². The lowest BCUT2D eigenvalue weighted by Crippen LogP contribution is -2.49. The van der Waals surface area contributed by atoms with Crippen LogP contribution in [-0.4, -0.2) is 53.8 Å². The number of carbonyl (C=O) groups is 1. The molecule has 4 heterocycles. The molecule has 0 aliphatic carbocycles. The molecular weight excluding hydrogens is 296 g/mol. The fourth-order valence-corrected chi connectivity index (χ4v) is 3.93. The first kappa shape index (κ1) is 15.2. The van der Waals surface area contributed by atoms with E-state index in [1.165, 1.54) is 5.06 Å². The summed E-state index contributed by atoms with van der Waals surface area (Å²) in [5.74, 6) is 0.998. The highest BCUT2D eigenvalue weighted by molar-refractivity contribution is 5.80. The second-order valence-corrected chi connectivity index (χ2v) is 6.63. The van der Waals surface area contributed by atoms with Crippen molar-refractivity contribution in [2.24, 2.45) is 0 Å². The van der Waals surface area contributed by atoms with Crippen molar-refractivity contribution in [2.75, 3.05) is 19.7 Å². The van der Waals surface area contributed by atoms with Crippen LogP contribution in [0.1, 0.15) is 37.9 Å². The molecule has 1 aromatic rings. The molecule has 1 aromatic heterocycles. The summed E-state index contributed by atoms with van der Waals surface area (Å²) < 4.78 is 11.6. The van der Waals surface area contributed by atoms with Crippen LogP contribution < -0.4 is 0 Å². The molecule has 3 fully saturated rings. The highest BCUT2D eigenvalue weighted by Gasteiger charge is 2.43. The highest BCUT2D eigenvalue weighted by atomic mass is 16.7. The largest absolute Gasteiger partial charge is 0.468 e. The van der Waals surface area contributed by atoms with Gasteiger partial charge in [0.25, 0.3) is 5.91 Å². The van der Waals surface area contributed by atoms with Crippen LogP contribution in [0, 0.1) is 0 Å². The Balaban J connectivity index is 1.34. The van der Waals surface area contributed by atoms with Gasteiger partial charge in [-0.05, 0) is 44.2 Å². The number of fused-ring (bicyclic) bond motifs is 1. The number of hydrogen-bond acceptors (Lipinski definition) is 5. The molecule has 0 unspecified atom stereocenters. The fraction of sp³-hybridized carbons (Fsp3) is 0.706. The fourth-order valence-electron chi connectivity index (χ4n) is 3.93. The number of furan rings is 1. The summed E-state index contributed by atoms with van der Waals surface area (Å²) >= 11 is 0. The maximum atomic E-state index is 12.5. The van der Waals surface area contributed by atoms with Gasteiger partial charge < -0.3 is 9.15 Å². The summed E-state index contributed by atoms with van der Waals surface area (Å²) in [6, 6.07) is 4.33. The topological polar surface area (TPSA) is 55.2 Å². The Kier molecular flexibility index (Phi) is 4.37. The van der Waals surface area contributed by atoms with Crippen molar-refractivity contribution in [3.05, 3.63) is 24.2 Å². The van der Waals surface area contributed by atoms with Gasteiger partial charge in [0.1, 0.15) is 11.9 Å². The molecule has 3 saturated heterocycles. The lowest BCUT2D eigenvalue weighted by molar-refractivity contribution is -0.213. The Morgan fingerprint density at radius 1 is 1.22 bits per heavy atom. The van der Waals surface area contributed by atoms with Crippen LogP contribution in [0.5, 0.6) is 0 Å². The third-order valence-corrected chi connectivity index (χ3v) is 5.13. The van der Waals surface area contributed by atoms with Gasteiger partial charge in [0.2, 0.25) is 0 Å². The van der Waals surface area contributed by atoms with E-state index in [2.05, 4.69) is 4.90 Å². The number of carbonyl (C=O) groups excluding carboxylic acids is 1. The Hall–Kier alpha value is -1.37. The lowest BCUT2D eigenvalue weighted by Gasteiger charge is -2.37. The third kappa shape index (κ3) is 3.16. The van der Waals surface area contributed by atoms with Crippen molar-refractivity contribution in [3.63, 3.8) is 0 Å². The van der Waals surface area contributed by atoms with Gasteiger partial charge in [0.05, 0.1) is 25.5 Å². The number of amides is 1. The van der Waals surface area contributed by atoms with Gasteiger partial charge >= 0.3 is 0 Å². The molecule has 0 radical (unpaired) electrons. The SMILES string of the molecule is O=C([C@@H]1CC[C@@H]2[C@@H](CCN2Cc2ccco2)O1)N1CCCCO1. The van der Waals surface area contributed by atoms with Crippen LogP contribution in [0.25, 0.3) is 0 Å². The average molecular weight is 320 g/mol. The predicted molar refractivity (Wildman–Crippen MR) is 82.3 cm³/mol. The normalized spacial score (nSPS) is 32.0. The number of hydrogen-bond donors (Lipinski definition) is 0. The first-order valence-electron chi connectivity index (χ1n) is 8.67. The molecule has 0 spiro atoms. The summed E-state index contributed by atoms with van der Waals surface area (Å²) in [5, 5.41) is 1.52. The summed E-state index contributed by atoms with van der Waals surface area (Å²) in [5.41, 5.74) is 0. The van der Waals surface area contributed by atoms with E-state index in [0.29, 0.717) is 19.2 Å². The van der Waals surface area contributed by atoms with E-state index in [0.717, 1.165) is 51.0 Å². The number of ether oxygens (including phenoxy) is 1. The van der Waals surface area contributed by atoms with Gasteiger partial charge in [-0.2, -0.15) is 0 Å². The zero-order chi connectivity index (χ0) is 15.6. The van der Waals surface area contributed by atoms with Gasteiger partial charge in [-0.25, -0.2) is 5.06 Å². The maximum Gasteiger partial charge on any atom is 0.275 e. The molecule has 3 atom stereocenters. The van der Waals surface area contributed by atoms with Gasteiger partial charge in [0, 0.05) is 19.1 Å². The smallest absolute Gasteiger partial charge is 0.275 e. The van der Waals surface area contributed by atoms with E-state index >= 15 is 0 Å². The minimum Gasteiger partial charge on any atom is -0.468 e. The van der Waals surface area contributed by atoms with Crippen LogP contribution in [0.3, 0.4) is 0 Å². The molecular formula is C17H24N2O4. The molecule has 3 aliphatic rings. The zero-order valence-electron chi connectivity index (χ0n) is 13.4. The molecule has 6 nitrogen and oxygen atoms in total. The quantitative estimate of drug-likeness (QED) is 0.852. The summed E-state index contributed by atoms with van der Waals surface area (Å²) in [7, 11) is 0. The Bertz CT molecular complexity index is 527. The molecule has 0 bridgehead atoms. The monoisotopic (exact) mass is 320 g/mol. The lowest BCUT2D eigenvalue weighted by atomic mass is 9.98. The van der Waals surface area contributed by atoms with Crippen LogP contribution in [0.4, 0.5) is 0 Å². The summed E-state index contributed by atoms with van der Waals surface area (Å²) in [4.78, 5) is 20.4. The minimum atomic E-state index is -0.335. The molecule has 4 rings (SSSR count). The second kappa shape index (κ2) is 6.63. The Morgan fingerprint density at radius 3 is 2.96 bits per heavy atom. The van der Waals surface area contributed by atoms with Gasteiger partial charge in [-0.1, -0.05) is 0 Å². The molecule has 126 valence electrons. The number of likely N-dealkylation sites (tertiary alicyclic amines) is 1. The van der Waals surface area contributed by atoms with E-state index in [4.69, 9.17) is 14.0 Å². The first-order valence-corrected chi connectivity index (χ1v) is 8.67. The predicted octanol–water partition coefficient (Wildman–Crippen LogP) is 1.96. The van der Waals surface area contributed by atoms with Gasteiger partial charge in [-0.15, -0.1) is 0 Å². The number of rotatable bonds is 3. The minimum absolute atomic E-state index is 0.00707. The van der Waals surface area contributed by atoms with E-state index < -0.39 is 0 Å². The first-order chi connectivity index (χ1) is 11.3. The molecule has 23 heavy (non-hydrogen) atoms. The number of nitrogens with zero attached hydrogens (tertiary/aromatic N) is 2. The van der Waals surface area contributed by atoms with Crippen molar-refractivity contribution in [1.29, 1.82) is 0 Å². The summed E-state index contributed by atoms with van der Waals surface area (Å²) in [6.45, 7) is 3.15. The second-order valence-electron chi connectivity index (χ2n) is 6.63. The van der Waals surface area contributed by atoms with E-state index in [9.17, 15) is 4.79 Å². The van der Waals surface area contributed by atoms with E-state index in [1.54, 1.807) is 6.26 Å². The zero-order valence-corrected chi connectivity index (χ0v) is 13.4. The summed E-state index contributed by atoms with van der Waals surface area (Å²) in [6.07, 6.45) is 6.33. The van der Waals surface area contributed by atoms with Crippen molar-refractivity contribution < 1.29 is 18.8 Å². The van der Waals surface area contributed by atoms with Crippen LogP contribution >= 0.6 is 0 Å². The standard InChI is InChI=1S/C17H24N2O4/c20-17(19-8-1-2-11-22-19)16-6-5-14-15(23-16)7-9-18(14)12-13-4-3-10-21-13/h3-4,10,14-16H,1-2,5-9,11-12H2/t14-,15-,16+/m1/s1. The maximum absolute atomic E-state index is 12.5. The van der Waals surface area contributed by atoms with Gasteiger partial charge in [0.15, 0.2) is 0 Å². The van der Waals surface area contributed by atoms with Crippen molar-refractivity contribution in [2.45, 2.75) is 56.9 Å². The molecule has 0 N–H and O–H groups in total. The molecule has 6 heteroatoms. The Morgan fingerprint density at radius 2 is 2.17 bits per heavy atom. The molecule has 3 aliphatic heterocycles. The van der Waals surface area contributed by atoms with Crippen LogP contribution in [0.15, 0.2) is 22.8 Å². The van der Waals surface area contributed by atoms with Crippen molar-refractivity contribution in [1.82, 2.24) is 9.96 Å². The third-order valence-electron chi connectivity index (χ3n) is 5.13. The average Bonchev–Trinajstić information content (AvgIpc) is 3.25. The molecule has 1 amide bonds. The van der Waals surface area contributed by atoms with Crippen LogP contribution in [0.2, 0.25) is 0 Å². The van der Waals surface area contributed by atoms with Crippen molar-refractivity contribution >= 4 is 5.91 Å². The molecule has 0 aromatic carbocycles. The Labute approximate surface area is 136 Å².